The van der Waals surface area contributed by atoms with Crippen molar-refractivity contribution in [3.8, 4) is 0 Å². The first kappa shape index (κ1) is 16.0. The third-order valence-electron chi connectivity index (χ3n) is 4.01. The first-order valence-electron chi connectivity index (χ1n) is 7.87. The minimum Gasteiger partial charge on any atom is -0.302 e. The molecular formula is C18H21N3OS. The van der Waals surface area contributed by atoms with Crippen molar-refractivity contribution in [3.05, 3.63) is 53.4 Å². The molecule has 1 aromatic carbocycles. The van der Waals surface area contributed by atoms with E-state index in [0.717, 1.165) is 22.1 Å². The zero-order valence-electron chi connectivity index (χ0n) is 13.6. The molecule has 120 valence electrons. The van der Waals surface area contributed by atoms with Crippen LogP contribution >= 0.6 is 11.8 Å². The van der Waals surface area contributed by atoms with Crippen LogP contribution in [0.25, 0.3) is 0 Å². The van der Waals surface area contributed by atoms with E-state index >= 15 is 0 Å². The third kappa shape index (κ3) is 3.55. The Balaban J connectivity index is 1.72. The lowest BCUT2D eigenvalue weighted by Gasteiger charge is -2.08. The van der Waals surface area contributed by atoms with Gasteiger partial charge in [0, 0.05) is 18.0 Å². The van der Waals surface area contributed by atoms with Crippen LogP contribution < -0.4 is 0 Å². The van der Waals surface area contributed by atoms with Gasteiger partial charge < -0.3 is 4.57 Å². The lowest BCUT2D eigenvalue weighted by molar-refractivity contribution is 0.102. The van der Waals surface area contributed by atoms with E-state index in [1.165, 1.54) is 30.2 Å². The number of benzene rings is 1. The quantitative estimate of drug-likeness (QED) is 0.439. The van der Waals surface area contributed by atoms with Gasteiger partial charge in [-0.3, -0.25) is 4.79 Å². The van der Waals surface area contributed by atoms with Gasteiger partial charge in [0.05, 0.1) is 5.75 Å². The summed E-state index contributed by atoms with van der Waals surface area (Å²) < 4.78 is 2.09. The van der Waals surface area contributed by atoms with Crippen molar-refractivity contribution in [3.63, 3.8) is 0 Å². The minimum atomic E-state index is 0.133. The molecule has 4 nitrogen and oxygen atoms in total. The van der Waals surface area contributed by atoms with E-state index in [9.17, 15) is 4.79 Å². The maximum Gasteiger partial charge on any atom is 0.191 e. The van der Waals surface area contributed by atoms with Crippen LogP contribution in [-0.2, 0) is 6.54 Å². The van der Waals surface area contributed by atoms with Gasteiger partial charge in [-0.25, -0.2) is 0 Å². The van der Waals surface area contributed by atoms with Gasteiger partial charge in [0.1, 0.15) is 5.82 Å². The third-order valence-corrected chi connectivity index (χ3v) is 4.98. The monoisotopic (exact) mass is 327 g/mol. The van der Waals surface area contributed by atoms with Crippen LogP contribution in [-0.4, -0.2) is 26.3 Å². The van der Waals surface area contributed by atoms with Gasteiger partial charge in [-0.05, 0) is 32.3 Å². The number of thioether (sulfide) groups is 1. The normalized spacial score (nSPS) is 14.0. The van der Waals surface area contributed by atoms with Crippen LogP contribution in [0.3, 0.4) is 0 Å². The lowest BCUT2D eigenvalue weighted by Crippen LogP contribution is -2.07. The predicted octanol–water partition coefficient (Wildman–Crippen LogP) is 3.93. The first-order chi connectivity index (χ1) is 11.1. The molecule has 1 heterocycles. The molecule has 2 aromatic rings. The summed E-state index contributed by atoms with van der Waals surface area (Å²) in [7, 11) is 0. The van der Waals surface area contributed by atoms with Gasteiger partial charge in [0.2, 0.25) is 0 Å². The van der Waals surface area contributed by atoms with Gasteiger partial charge in [-0.2, -0.15) is 0 Å². The molecule has 0 amide bonds. The van der Waals surface area contributed by atoms with Crippen LogP contribution in [0, 0.1) is 13.8 Å². The predicted molar refractivity (Wildman–Crippen MR) is 93.2 cm³/mol. The van der Waals surface area contributed by atoms with Gasteiger partial charge in [0.25, 0.3) is 0 Å². The highest BCUT2D eigenvalue weighted by Gasteiger charge is 2.30. The van der Waals surface area contributed by atoms with Crippen LogP contribution in [0.15, 0.2) is 36.0 Å². The Morgan fingerprint density at radius 2 is 2.17 bits per heavy atom. The molecule has 1 aliphatic rings. The molecule has 1 aromatic heterocycles. The number of aryl methyl sites for hydroxylation is 2. The second kappa shape index (κ2) is 6.71. The smallest absolute Gasteiger partial charge is 0.191 e. The molecule has 0 saturated heterocycles. The van der Waals surface area contributed by atoms with Crippen molar-refractivity contribution < 1.29 is 4.79 Å². The number of carbonyl (C=O) groups excluding carboxylic acids is 1. The molecule has 0 radical (unpaired) electrons. The minimum absolute atomic E-state index is 0.133. The van der Waals surface area contributed by atoms with E-state index in [1.807, 2.05) is 38.1 Å². The van der Waals surface area contributed by atoms with Crippen molar-refractivity contribution in [1.82, 2.24) is 14.8 Å². The Labute approximate surface area is 141 Å². The molecule has 0 bridgehead atoms. The number of hydrogen-bond donors (Lipinski definition) is 0. The van der Waals surface area contributed by atoms with E-state index in [0.29, 0.717) is 18.2 Å². The molecule has 0 spiro atoms. The Bertz CT molecular complexity index is 747. The molecule has 0 N–H and O–H groups in total. The molecule has 0 unspecified atom stereocenters. The van der Waals surface area contributed by atoms with E-state index < -0.39 is 0 Å². The van der Waals surface area contributed by atoms with Gasteiger partial charge >= 0.3 is 0 Å². The number of Topliss-reactive ketones (excluding diaryl/α,β-unsaturated/α-hetero) is 1. The highest BCUT2D eigenvalue weighted by Crippen LogP contribution is 2.40. The van der Waals surface area contributed by atoms with Gasteiger partial charge in [-0.1, -0.05) is 41.6 Å². The van der Waals surface area contributed by atoms with Crippen LogP contribution in [0.1, 0.15) is 46.1 Å². The average Bonchev–Trinajstić information content (AvgIpc) is 3.28. The molecule has 0 aliphatic heterocycles. The summed E-state index contributed by atoms with van der Waals surface area (Å²) >= 11 is 1.46. The van der Waals surface area contributed by atoms with Crippen molar-refractivity contribution in [2.24, 2.45) is 0 Å². The second-order valence-electron chi connectivity index (χ2n) is 6.04. The Morgan fingerprint density at radius 3 is 2.83 bits per heavy atom. The molecule has 3 rings (SSSR count). The van der Waals surface area contributed by atoms with Crippen LogP contribution in [0.4, 0.5) is 0 Å². The molecule has 1 aliphatic carbocycles. The Morgan fingerprint density at radius 1 is 1.39 bits per heavy atom. The zero-order valence-corrected chi connectivity index (χ0v) is 14.4. The summed E-state index contributed by atoms with van der Waals surface area (Å²) in [6.45, 7) is 8.52. The van der Waals surface area contributed by atoms with Gasteiger partial charge in [0.15, 0.2) is 10.9 Å². The summed E-state index contributed by atoms with van der Waals surface area (Å²) in [4.78, 5) is 12.5. The standard InChI is InChI=1S/C18H21N3OS/c1-4-9-21-17(14-6-7-14)19-20-18(21)23-11-16(22)15-8-5-12(2)10-13(15)3/h4-5,8,10,14H,1,6-7,9,11H2,2-3H3. The molecule has 1 fully saturated rings. The SMILES string of the molecule is C=CCn1c(SCC(=O)c2ccc(C)cc2C)nnc1C1CC1. The number of allylic oxidation sites excluding steroid dienone is 1. The van der Waals surface area contributed by atoms with E-state index in [2.05, 4.69) is 21.3 Å². The number of carbonyl (C=O) groups is 1. The molecule has 1 saturated carbocycles. The van der Waals surface area contributed by atoms with Crippen molar-refractivity contribution in [2.45, 2.75) is 44.3 Å². The average molecular weight is 327 g/mol. The van der Waals surface area contributed by atoms with Crippen molar-refractivity contribution in [2.75, 3.05) is 5.75 Å². The lowest BCUT2D eigenvalue weighted by atomic mass is 10.0. The summed E-state index contributed by atoms with van der Waals surface area (Å²) in [6.07, 6.45) is 4.22. The first-order valence-corrected chi connectivity index (χ1v) is 8.86. The van der Waals surface area contributed by atoms with Crippen LogP contribution in [0.5, 0.6) is 0 Å². The largest absolute Gasteiger partial charge is 0.302 e. The fourth-order valence-corrected chi connectivity index (χ4v) is 3.52. The van der Waals surface area contributed by atoms with E-state index in [-0.39, 0.29) is 5.78 Å². The second-order valence-corrected chi connectivity index (χ2v) is 6.99. The fraction of sp³-hybridized carbons (Fsp3) is 0.389. The Kier molecular flexibility index (Phi) is 4.66. The molecule has 0 atom stereocenters. The maximum atomic E-state index is 12.5. The van der Waals surface area contributed by atoms with Crippen molar-refractivity contribution >= 4 is 17.5 Å². The van der Waals surface area contributed by atoms with E-state index in [4.69, 9.17) is 0 Å². The molecular weight excluding hydrogens is 306 g/mol. The highest BCUT2D eigenvalue weighted by atomic mass is 32.2. The summed E-state index contributed by atoms with van der Waals surface area (Å²) in [6, 6.07) is 5.94. The zero-order chi connectivity index (χ0) is 16.4. The number of ketones is 1. The number of nitrogens with zero attached hydrogens (tertiary/aromatic N) is 3. The van der Waals surface area contributed by atoms with Crippen molar-refractivity contribution in [1.29, 1.82) is 0 Å². The summed E-state index contributed by atoms with van der Waals surface area (Å²) in [5.74, 6) is 2.08. The topological polar surface area (TPSA) is 47.8 Å². The summed E-state index contributed by atoms with van der Waals surface area (Å²) in [5, 5.41) is 9.39. The van der Waals surface area contributed by atoms with E-state index in [1.54, 1.807) is 0 Å². The fourth-order valence-electron chi connectivity index (χ4n) is 2.69. The highest BCUT2D eigenvalue weighted by molar-refractivity contribution is 7.99. The summed E-state index contributed by atoms with van der Waals surface area (Å²) in [5.41, 5.74) is 2.99. The number of hydrogen-bond acceptors (Lipinski definition) is 4. The van der Waals surface area contributed by atoms with Gasteiger partial charge in [-0.15, -0.1) is 16.8 Å². The molecule has 23 heavy (non-hydrogen) atoms. The number of aromatic nitrogens is 3. The molecule has 5 heteroatoms. The number of rotatable bonds is 7. The Hall–Kier alpha value is -1.88. The maximum absolute atomic E-state index is 12.5. The van der Waals surface area contributed by atoms with Crippen LogP contribution in [0.2, 0.25) is 0 Å².